The van der Waals surface area contributed by atoms with Gasteiger partial charge in [0.15, 0.2) is 0 Å². The van der Waals surface area contributed by atoms with E-state index in [1.807, 2.05) is 49.5 Å². The number of nitrogens with two attached hydrogens (primary N) is 1. The Bertz CT molecular complexity index is 547. The van der Waals surface area contributed by atoms with Gasteiger partial charge in [0, 0.05) is 18.3 Å². The first kappa shape index (κ1) is 15.9. The van der Waals surface area contributed by atoms with Crippen molar-refractivity contribution in [3.05, 3.63) is 78.3 Å². The number of hydrogen-bond acceptors (Lipinski definition) is 2. The van der Waals surface area contributed by atoms with Crippen LogP contribution < -0.4 is 40.6 Å². The van der Waals surface area contributed by atoms with E-state index in [4.69, 9.17) is 5.73 Å². The van der Waals surface area contributed by atoms with Crippen LogP contribution in [0, 0.1) is 6.54 Å². The molecule has 0 amide bonds. The topological polar surface area (TPSA) is 38.0 Å². The third kappa shape index (κ3) is 3.64. The molecule has 0 spiro atoms. The zero-order chi connectivity index (χ0) is 13.0. The van der Waals surface area contributed by atoms with E-state index < -0.39 is 0 Å². The van der Waals surface area contributed by atoms with Gasteiger partial charge in [0.2, 0.25) is 0 Å². The van der Waals surface area contributed by atoms with Gasteiger partial charge >= 0.3 is 29.6 Å². The Morgan fingerprint density at radius 3 is 2.32 bits per heavy atom. The fraction of sp³-hybridized carbons (Fsp3) is 0.0625. The van der Waals surface area contributed by atoms with E-state index in [1.165, 1.54) is 0 Å². The molecule has 2 rings (SSSR count). The molecule has 2 aromatic rings. The first-order valence-electron chi connectivity index (χ1n) is 5.87. The van der Waals surface area contributed by atoms with Crippen LogP contribution in [0.2, 0.25) is 0 Å². The first-order chi connectivity index (χ1) is 8.76. The van der Waals surface area contributed by atoms with Gasteiger partial charge in [-0.2, -0.15) is 17.7 Å². The van der Waals surface area contributed by atoms with Gasteiger partial charge < -0.3 is 11.1 Å². The summed E-state index contributed by atoms with van der Waals surface area (Å²) in [6.45, 7) is 5.77. The maximum atomic E-state index is 5.48. The normalized spacial score (nSPS) is 9.37. The predicted octanol–water partition coefficient (Wildman–Crippen LogP) is 0.262. The molecule has 3 heteroatoms. The average Bonchev–Trinajstić information content (AvgIpc) is 2.46. The molecule has 0 radical (unpaired) electrons. The molecule has 0 saturated carbocycles. The molecule has 0 aliphatic rings. The van der Waals surface area contributed by atoms with E-state index in [2.05, 4.69) is 18.0 Å². The summed E-state index contributed by atoms with van der Waals surface area (Å²) in [5, 5.41) is 3.18. The summed E-state index contributed by atoms with van der Waals surface area (Å²) in [7, 11) is 1.92. The van der Waals surface area contributed by atoms with E-state index in [0.29, 0.717) is 0 Å². The number of para-hydroxylation sites is 1. The van der Waals surface area contributed by atoms with Crippen molar-refractivity contribution in [1.82, 2.24) is 0 Å². The van der Waals surface area contributed by atoms with E-state index in [0.717, 1.165) is 28.0 Å². The standard InChI is InChI=1S/C16H17N2.Na/c1-12(14-9-7-13(11-17)8-10-14)15-5-3-4-6-16(15)18-2;/h3-11,18H,1,17H2,2H3;/q-1;+1. The van der Waals surface area contributed by atoms with Crippen LogP contribution in [0.4, 0.5) is 5.69 Å². The van der Waals surface area contributed by atoms with Crippen LogP contribution in [-0.2, 0) is 0 Å². The Hall–Kier alpha value is -1.19. The molecule has 19 heavy (non-hydrogen) atoms. The molecule has 0 fully saturated rings. The van der Waals surface area contributed by atoms with E-state index in [1.54, 1.807) is 6.54 Å². The van der Waals surface area contributed by atoms with E-state index >= 15 is 0 Å². The summed E-state index contributed by atoms with van der Waals surface area (Å²) in [5.41, 5.74) is 10.8. The van der Waals surface area contributed by atoms with Crippen molar-refractivity contribution < 1.29 is 29.6 Å². The smallest absolute Gasteiger partial charge is 0.388 e. The van der Waals surface area contributed by atoms with E-state index in [-0.39, 0.29) is 29.6 Å². The number of benzene rings is 2. The van der Waals surface area contributed by atoms with Gasteiger partial charge in [-0.05, 0) is 17.2 Å². The third-order valence-corrected chi connectivity index (χ3v) is 2.97. The molecule has 0 bridgehead atoms. The summed E-state index contributed by atoms with van der Waals surface area (Å²) in [6, 6.07) is 16.2. The van der Waals surface area contributed by atoms with Gasteiger partial charge in [0.05, 0.1) is 0 Å². The Labute approximate surface area is 137 Å². The van der Waals surface area contributed by atoms with Gasteiger partial charge in [-0.1, -0.05) is 24.8 Å². The maximum Gasteiger partial charge on any atom is 1.00 e. The molecule has 2 aromatic carbocycles. The molecule has 92 valence electrons. The quantitative estimate of drug-likeness (QED) is 0.611. The second-order valence-electron chi connectivity index (χ2n) is 4.06. The molecule has 0 unspecified atom stereocenters. The van der Waals surface area contributed by atoms with Gasteiger partial charge in [-0.3, -0.25) is 0 Å². The molecule has 2 nitrogen and oxygen atoms in total. The minimum Gasteiger partial charge on any atom is -0.388 e. The van der Waals surface area contributed by atoms with Crippen LogP contribution >= 0.6 is 0 Å². The molecule has 3 N–H and O–H groups in total. The summed E-state index contributed by atoms with van der Waals surface area (Å²) in [6.07, 6.45) is 0. The summed E-state index contributed by atoms with van der Waals surface area (Å²) in [5.74, 6) is 0. The summed E-state index contributed by atoms with van der Waals surface area (Å²) >= 11 is 0. The van der Waals surface area contributed by atoms with Crippen molar-refractivity contribution >= 4 is 11.3 Å². The van der Waals surface area contributed by atoms with Crippen molar-refractivity contribution in [3.63, 3.8) is 0 Å². The first-order valence-corrected chi connectivity index (χ1v) is 5.87. The van der Waals surface area contributed by atoms with Crippen LogP contribution in [0.1, 0.15) is 16.7 Å². The van der Waals surface area contributed by atoms with Crippen molar-refractivity contribution in [2.24, 2.45) is 5.73 Å². The molecule has 0 aliphatic carbocycles. The van der Waals surface area contributed by atoms with E-state index in [9.17, 15) is 0 Å². The fourth-order valence-corrected chi connectivity index (χ4v) is 1.92. The van der Waals surface area contributed by atoms with Crippen LogP contribution in [0.25, 0.3) is 5.57 Å². The van der Waals surface area contributed by atoms with Gasteiger partial charge in [-0.15, -0.1) is 18.7 Å². The Morgan fingerprint density at radius 2 is 1.74 bits per heavy atom. The Balaban J connectivity index is 0.00000180. The maximum absolute atomic E-state index is 5.48. The van der Waals surface area contributed by atoms with Gasteiger partial charge in [0.25, 0.3) is 0 Å². The largest absolute Gasteiger partial charge is 1.00 e. The SMILES string of the molecule is C=C(c1ccc([CH-]N)cc1)c1ccccc1NC.[Na+]. The minimum absolute atomic E-state index is 0. The van der Waals surface area contributed by atoms with Crippen molar-refractivity contribution in [2.75, 3.05) is 12.4 Å². The fourth-order valence-electron chi connectivity index (χ4n) is 1.92. The predicted molar refractivity (Wildman–Crippen MR) is 78.2 cm³/mol. The molecular formula is C16H17N2Na. The van der Waals surface area contributed by atoms with Crippen LogP contribution in [0.5, 0.6) is 0 Å². The van der Waals surface area contributed by atoms with Crippen molar-refractivity contribution in [2.45, 2.75) is 0 Å². The summed E-state index contributed by atoms with van der Waals surface area (Å²) in [4.78, 5) is 0. The number of anilines is 1. The number of hydrogen-bond donors (Lipinski definition) is 2. The zero-order valence-corrected chi connectivity index (χ0v) is 13.5. The number of rotatable bonds is 4. The molecule has 0 aliphatic heterocycles. The molecule has 0 atom stereocenters. The molecule has 0 saturated heterocycles. The Kier molecular flexibility index (Phi) is 6.19. The second kappa shape index (κ2) is 7.41. The van der Waals surface area contributed by atoms with Crippen molar-refractivity contribution in [3.8, 4) is 0 Å². The zero-order valence-electron chi connectivity index (χ0n) is 11.5. The molecular weight excluding hydrogens is 243 g/mol. The second-order valence-corrected chi connectivity index (χ2v) is 4.06. The summed E-state index contributed by atoms with van der Waals surface area (Å²) < 4.78 is 0. The number of nitrogens with one attached hydrogen (secondary N) is 1. The molecule has 0 aromatic heterocycles. The van der Waals surface area contributed by atoms with Gasteiger partial charge in [-0.25, -0.2) is 0 Å². The average molecular weight is 260 g/mol. The minimum atomic E-state index is 0. The van der Waals surface area contributed by atoms with Crippen LogP contribution in [0.15, 0.2) is 55.1 Å². The van der Waals surface area contributed by atoms with Gasteiger partial charge in [0.1, 0.15) is 0 Å². The third-order valence-electron chi connectivity index (χ3n) is 2.97. The van der Waals surface area contributed by atoms with Crippen LogP contribution in [0.3, 0.4) is 0 Å². The van der Waals surface area contributed by atoms with Crippen LogP contribution in [-0.4, -0.2) is 7.05 Å². The van der Waals surface area contributed by atoms with Crippen molar-refractivity contribution in [1.29, 1.82) is 0 Å². The Morgan fingerprint density at radius 1 is 1.11 bits per heavy atom. The monoisotopic (exact) mass is 260 g/mol. The molecule has 0 heterocycles.